The van der Waals surface area contributed by atoms with Crippen molar-refractivity contribution >= 4 is 23.3 Å². The fourth-order valence-corrected chi connectivity index (χ4v) is 3.46. The fraction of sp³-hybridized carbons (Fsp3) is 0.556. The van der Waals surface area contributed by atoms with Crippen molar-refractivity contribution in [2.75, 3.05) is 23.3 Å². The summed E-state index contributed by atoms with van der Waals surface area (Å²) in [7, 11) is 0. The van der Waals surface area contributed by atoms with Gasteiger partial charge in [-0.25, -0.2) is 0 Å². The molecule has 0 spiro atoms. The molecule has 5 heteroatoms. The molecule has 1 aromatic carbocycles. The minimum atomic E-state index is -0.474. The van der Waals surface area contributed by atoms with Gasteiger partial charge in [0.15, 0.2) is 0 Å². The Kier molecular flexibility index (Phi) is 4.04. The van der Waals surface area contributed by atoms with Gasteiger partial charge in [0.1, 0.15) is 12.1 Å². The predicted molar refractivity (Wildman–Crippen MR) is 89.7 cm³/mol. The summed E-state index contributed by atoms with van der Waals surface area (Å²) < 4.78 is 5.45. The Hall–Kier alpha value is -2.04. The van der Waals surface area contributed by atoms with Gasteiger partial charge in [-0.05, 0) is 45.7 Å². The van der Waals surface area contributed by atoms with Crippen LogP contribution in [0.4, 0.5) is 11.4 Å². The van der Waals surface area contributed by atoms with Crippen molar-refractivity contribution in [1.82, 2.24) is 0 Å². The molecule has 1 amide bonds. The molecule has 0 aliphatic carbocycles. The van der Waals surface area contributed by atoms with E-state index in [1.54, 1.807) is 0 Å². The number of anilines is 2. The molecule has 1 atom stereocenters. The number of hydrogen-bond donors (Lipinski definition) is 1. The standard InChI is InChI=1S/C18H24N2O3/c1-18(2,3)23-16(22)11-20-10-12-6-4-9-15(21)19-13-7-5-8-14(20)17(12)13/h5,7-8,12H,4,6,9-11H2,1-3H3,(H,19,21). The lowest BCUT2D eigenvalue weighted by atomic mass is 9.92. The average Bonchev–Trinajstić information content (AvgIpc) is 2.74. The molecule has 3 rings (SSSR count). The van der Waals surface area contributed by atoms with Crippen LogP contribution in [0.3, 0.4) is 0 Å². The zero-order valence-electron chi connectivity index (χ0n) is 14.0. The Morgan fingerprint density at radius 2 is 2.17 bits per heavy atom. The second-order valence-electron chi connectivity index (χ2n) is 7.34. The molecular formula is C18H24N2O3. The molecule has 0 aromatic heterocycles. The van der Waals surface area contributed by atoms with Gasteiger partial charge >= 0.3 is 5.97 Å². The maximum atomic E-state index is 12.2. The summed E-state index contributed by atoms with van der Waals surface area (Å²) in [5.41, 5.74) is 2.63. The molecule has 2 aliphatic heterocycles. The first-order chi connectivity index (χ1) is 10.8. The third kappa shape index (κ3) is 3.49. The van der Waals surface area contributed by atoms with Gasteiger partial charge in [-0.2, -0.15) is 0 Å². The van der Waals surface area contributed by atoms with Crippen molar-refractivity contribution in [3.63, 3.8) is 0 Å². The minimum Gasteiger partial charge on any atom is -0.459 e. The van der Waals surface area contributed by atoms with Gasteiger partial charge in [0.2, 0.25) is 5.91 Å². The summed E-state index contributed by atoms with van der Waals surface area (Å²) >= 11 is 0. The van der Waals surface area contributed by atoms with Crippen LogP contribution in [-0.2, 0) is 14.3 Å². The van der Waals surface area contributed by atoms with Crippen molar-refractivity contribution in [2.24, 2.45) is 0 Å². The molecule has 124 valence electrons. The molecule has 1 unspecified atom stereocenters. The Balaban J connectivity index is 1.84. The lowest BCUT2D eigenvalue weighted by molar-refractivity contribution is -0.153. The normalized spacial score (nSPS) is 20.4. The molecule has 0 saturated carbocycles. The maximum absolute atomic E-state index is 12.2. The number of amides is 1. The molecule has 2 aliphatic rings. The van der Waals surface area contributed by atoms with Crippen molar-refractivity contribution in [3.8, 4) is 0 Å². The lowest BCUT2D eigenvalue weighted by Gasteiger charge is -2.24. The number of hydrogen-bond acceptors (Lipinski definition) is 4. The van der Waals surface area contributed by atoms with E-state index in [1.165, 1.54) is 5.56 Å². The highest BCUT2D eigenvalue weighted by atomic mass is 16.6. The molecule has 1 aromatic rings. The van der Waals surface area contributed by atoms with Crippen LogP contribution in [0.5, 0.6) is 0 Å². The topological polar surface area (TPSA) is 58.6 Å². The summed E-state index contributed by atoms with van der Waals surface area (Å²) in [4.78, 5) is 26.1. The number of benzene rings is 1. The van der Waals surface area contributed by atoms with Crippen molar-refractivity contribution in [2.45, 2.75) is 51.6 Å². The quantitative estimate of drug-likeness (QED) is 0.852. The summed E-state index contributed by atoms with van der Waals surface area (Å²) in [6.45, 7) is 6.69. The Labute approximate surface area is 137 Å². The van der Waals surface area contributed by atoms with Crippen LogP contribution in [0, 0.1) is 0 Å². The van der Waals surface area contributed by atoms with E-state index >= 15 is 0 Å². The first-order valence-electron chi connectivity index (χ1n) is 8.23. The number of carbonyl (C=O) groups excluding carboxylic acids is 2. The van der Waals surface area contributed by atoms with Gasteiger partial charge < -0.3 is 15.0 Å². The SMILES string of the molecule is CC(C)(C)OC(=O)CN1CC2CCCC(=O)Nc3cccc1c32. The predicted octanol–water partition coefficient (Wildman–Crippen LogP) is 3.05. The summed E-state index contributed by atoms with van der Waals surface area (Å²) in [6.07, 6.45) is 2.42. The van der Waals surface area contributed by atoms with Gasteiger partial charge in [-0.1, -0.05) is 6.07 Å². The zero-order valence-corrected chi connectivity index (χ0v) is 14.0. The molecule has 2 heterocycles. The van der Waals surface area contributed by atoms with Crippen LogP contribution in [0.25, 0.3) is 0 Å². The van der Waals surface area contributed by atoms with Crippen LogP contribution in [-0.4, -0.2) is 30.6 Å². The molecular weight excluding hydrogens is 292 g/mol. The first-order valence-corrected chi connectivity index (χ1v) is 8.23. The second-order valence-corrected chi connectivity index (χ2v) is 7.34. The van der Waals surface area contributed by atoms with E-state index in [4.69, 9.17) is 4.74 Å². The molecule has 1 N–H and O–H groups in total. The van der Waals surface area contributed by atoms with E-state index in [0.717, 1.165) is 30.8 Å². The van der Waals surface area contributed by atoms with E-state index in [9.17, 15) is 9.59 Å². The van der Waals surface area contributed by atoms with Crippen LogP contribution in [0.15, 0.2) is 18.2 Å². The average molecular weight is 316 g/mol. The van der Waals surface area contributed by atoms with Crippen molar-refractivity contribution in [3.05, 3.63) is 23.8 Å². The van der Waals surface area contributed by atoms with E-state index in [-0.39, 0.29) is 18.4 Å². The third-order valence-electron chi connectivity index (χ3n) is 4.24. The van der Waals surface area contributed by atoms with Crippen LogP contribution < -0.4 is 10.2 Å². The second kappa shape index (κ2) is 5.87. The van der Waals surface area contributed by atoms with Gasteiger partial charge in [0, 0.05) is 35.8 Å². The van der Waals surface area contributed by atoms with E-state index in [1.807, 2.05) is 39.0 Å². The van der Waals surface area contributed by atoms with E-state index < -0.39 is 5.60 Å². The number of rotatable bonds is 2. The highest BCUT2D eigenvalue weighted by Crippen LogP contribution is 2.44. The smallest absolute Gasteiger partial charge is 0.326 e. The van der Waals surface area contributed by atoms with E-state index in [0.29, 0.717) is 12.3 Å². The largest absolute Gasteiger partial charge is 0.459 e. The van der Waals surface area contributed by atoms with Gasteiger partial charge in [-0.3, -0.25) is 9.59 Å². The summed E-state index contributed by atoms with van der Waals surface area (Å²) in [5, 5.41) is 3.00. The Morgan fingerprint density at radius 1 is 1.39 bits per heavy atom. The number of esters is 1. The fourth-order valence-electron chi connectivity index (χ4n) is 3.46. The molecule has 5 nitrogen and oxygen atoms in total. The van der Waals surface area contributed by atoms with Gasteiger partial charge in [-0.15, -0.1) is 0 Å². The monoisotopic (exact) mass is 316 g/mol. The minimum absolute atomic E-state index is 0.0717. The van der Waals surface area contributed by atoms with Crippen LogP contribution in [0.2, 0.25) is 0 Å². The molecule has 0 fully saturated rings. The highest BCUT2D eigenvalue weighted by molar-refractivity contribution is 5.94. The molecule has 0 saturated heterocycles. The Morgan fingerprint density at radius 3 is 2.91 bits per heavy atom. The highest BCUT2D eigenvalue weighted by Gasteiger charge is 2.33. The Bertz CT molecular complexity index is 634. The van der Waals surface area contributed by atoms with Crippen LogP contribution in [0.1, 0.15) is 51.5 Å². The van der Waals surface area contributed by atoms with Crippen LogP contribution >= 0.6 is 0 Å². The van der Waals surface area contributed by atoms with Crippen molar-refractivity contribution in [1.29, 1.82) is 0 Å². The number of ether oxygens (including phenoxy) is 1. The summed E-state index contributed by atoms with van der Waals surface area (Å²) in [6, 6.07) is 5.91. The maximum Gasteiger partial charge on any atom is 0.326 e. The molecule has 0 bridgehead atoms. The zero-order chi connectivity index (χ0) is 16.6. The third-order valence-corrected chi connectivity index (χ3v) is 4.24. The first kappa shape index (κ1) is 15.8. The molecule has 0 radical (unpaired) electrons. The van der Waals surface area contributed by atoms with Gasteiger partial charge in [0.25, 0.3) is 0 Å². The van der Waals surface area contributed by atoms with Crippen molar-refractivity contribution < 1.29 is 14.3 Å². The van der Waals surface area contributed by atoms with Gasteiger partial charge in [0.05, 0.1) is 0 Å². The number of carbonyl (C=O) groups is 2. The number of nitrogens with zero attached hydrogens (tertiary/aromatic N) is 1. The van der Waals surface area contributed by atoms with E-state index in [2.05, 4.69) is 10.2 Å². The lowest BCUT2D eigenvalue weighted by Crippen LogP contribution is -2.34. The molecule has 23 heavy (non-hydrogen) atoms. The summed E-state index contributed by atoms with van der Waals surface area (Å²) in [5.74, 6) is 0.222. The number of nitrogens with one attached hydrogen (secondary N) is 1.